The standard InChI is InChI=1S/C21H33N3O2/c1-15(2)18-6-8-19(9-7-18)21(16(3)4)22-20(26)14-23-10-12-24(13-11-23)17(5)25/h6-9,15-16,21H,10-14H2,1-5H3,(H,22,26)/p+1/t21-/m0/s1. The van der Waals surface area contributed by atoms with Gasteiger partial charge >= 0.3 is 0 Å². The number of rotatable bonds is 6. The van der Waals surface area contributed by atoms with Gasteiger partial charge in [0.25, 0.3) is 5.91 Å². The highest BCUT2D eigenvalue weighted by Gasteiger charge is 2.25. The van der Waals surface area contributed by atoms with Crippen LogP contribution >= 0.6 is 0 Å². The summed E-state index contributed by atoms with van der Waals surface area (Å²) in [4.78, 5) is 27.1. The summed E-state index contributed by atoms with van der Waals surface area (Å²) in [6.45, 7) is 13.9. The van der Waals surface area contributed by atoms with Crippen molar-refractivity contribution in [2.75, 3.05) is 32.7 Å². The SMILES string of the molecule is CC(=O)N1CC[NH+](CC(=O)N[C@H](c2ccc(C(C)C)cc2)C(C)C)CC1. The van der Waals surface area contributed by atoms with Crippen LogP contribution in [0.15, 0.2) is 24.3 Å². The normalized spacial score (nSPS) is 16.8. The van der Waals surface area contributed by atoms with Crippen LogP contribution in [-0.4, -0.2) is 49.4 Å². The van der Waals surface area contributed by atoms with Crippen LogP contribution in [0.5, 0.6) is 0 Å². The average molecular weight is 361 g/mol. The summed E-state index contributed by atoms with van der Waals surface area (Å²) in [6.07, 6.45) is 0. The van der Waals surface area contributed by atoms with Crippen molar-refractivity contribution in [3.63, 3.8) is 0 Å². The minimum Gasteiger partial charge on any atom is -0.344 e. The molecule has 1 aromatic rings. The average Bonchev–Trinajstić information content (AvgIpc) is 2.60. The van der Waals surface area contributed by atoms with E-state index in [2.05, 4.69) is 57.3 Å². The van der Waals surface area contributed by atoms with Crippen molar-refractivity contribution in [3.8, 4) is 0 Å². The number of benzene rings is 1. The second-order valence-corrected chi connectivity index (χ2v) is 8.04. The summed E-state index contributed by atoms with van der Waals surface area (Å²) in [6, 6.07) is 8.63. The van der Waals surface area contributed by atoms with Gasteiger partial charge in [0, 0.05) is 6.92 Å². The third-order valence-corrected chi connectivity index (χ3v) is 5.27. The molecule has 0 aromatic heterocycles. The molecule has 0 spiro atoms. The molecule has 0 saturated carbocycles. The fourth-order valence-corrected chi connectivity index (χ4v) is 3.49. The molecule has 0 aliphatic carbocycles. The third kappa shape index (κ3) is 5.56. The molecule has 1 heterocycles. The van der Waals surface area contributed by atoms with Gasteiger partial charge in [-0.15, -0.1) is 0 Å². The molecular weight excluding hydrogens is 326 g/mol. The van der Waals surface area contributed by atoms with Crippen LogP contribution in [0.25, 0.3) is 0 Å². The topological polar surface area (TPSA) is 53.9 Å². The van der Waals surface area contributed by atoms with Crippen LogP contribution in [0.3, 0.4) is 0 Å². The van der Waals surface area contributed by atoms with Gasteiger partial charge in [-0.2, -0.15) is 0 Å². The molecule has 5 heteroatoms. The predicted molar refractivity (Wildman–Crippen MR) is 104 cm³/mol. The van der Waals surface area contributed by atoms with E-state index in [1.165, 1.54) is 10.5 Å². The summed E-state index contributed by atoms with van der Waals surface area (Å²) < 4.78 is 0. The van der Waals surface area contributed by atoms with Gasteiger partial charge in [-0.1, -0.05) is 52.0 Å². The van der Waals surface area contributed by atoms with E-state index in [-0.39, 0.29) is 17.9 Å². The van der Waals surface area contributed by atoms with Gasteiger partial charge in [-0.05, 0) is 23.0 Å². The Balaban J connectivity index is 1.93. The number of hydrogen-bond acceptors (Lipinski definition) is 2. The Bertz CT molecular complexity index is 602. The molecule has 2 amide bonds. The Hall–Kier alpha value is -1.88. The van der Waals surface area contributed by atoms with E-state index in [0.717, 1.165) is 31.7 Å². The van der Waals surface area contributed by atoms with Crippen molar-refractivity contribution in [2.45, 2.75) is 46.6 Å². The first-order valence-corrected chi connectivity index (χ1v) is 9.76. The van der Waals surface area contributed by atoms with E-state index < -0.39 is 0 Å². The van der Waals surface area contributed by atoms with Crippen LogP contribution in [0.1, 0.15) is 57.7 Å². The number of carbonyl (C=O) groups excluding carboxylic acids is 2. The zero-order valence-electron chi connectivity index (χ0n) is 16.8. The highest BCUT2D eigenvalue weighted by atomic mass is 16.2. The number of hydrogen-bond donors (Lipinski definition) is 2. The molecule has 1 atom stereocenters. The first-order chi connectivity index (χ1) is 12.3. The highest BCUT2D eigenvalue weighted by Crippen LogP contribution is 2.23. The summed E-state index contributed by atoms with van der Waals surface area (Å²) >= 11 is 0. The van der Waals surface area contributed by atoms with Crippen LogP contribution in [0.2, 0.25) is 0 Å². The molecule has 0 bridgehead atoms. The van der Waals surface area contributed by atoms with E-state index in [1.807, 2.05) is 4.90 Å². The Labute approximate surface area is 157 Å². The number of piperazine rings is 1. The van der Waals surface area contributed by atoms with Crippen molar-refractivity contribution >= 4 is 11.8 Å². The van der Waals surface area contributed by atoms with Crippen molar-refractivity contribution in [3.05, 3.63) is 35.4 Å². The molecular formula is C21H34N3O2+. The molecule has 0 unspecified atom stereocenters. The lowest BCUT2D eigenvalue weighted by Crippen LogP contribution is -3.15. The Morgan fingerprint density at radius 3 is 2.04 bits per heavy atom. The minimum absolute atomic E-state index is 0.0293. The van der Waals surface area contributed by atoms with E-state index in [4.69, 9.17) is 0 Å². The minimum atomic E-state index is 0.0293. The van der Waals surface area contributed by atoms with Gasteiger partial charge in [0.15, 0.2) is 6.54 Å². The number of nitrogens with one attached hydrogen (secondary N) is 2. The second kappa shape index (κ2) is 9.17. The fraction of sp³-hybridized carbons (Fsp3) is 0.619. The number of carbonyl (C=O) groups is 2. The van der Waals surface area contributed by atoms with Crippen LogP contribution in [-0.2, 0) is 9.59 Å². The smallest absolute Gasteiger partial charge is 0.275 e. The van der Waals surface area contributed by atoms with Crippen molar-refractivity contribution < 1.29 is 14.5 Å². The summed E-state index contributed by atoms with van der Waals surface area (Å²) in [7, 11) is 0. The molecule has 2 rings (SSSR count). The maximum absolute atomic E-state index is 12.6. The van der Waals surface area contributed by atoms with E-state index >= 15 is 0 Å². The lowest BCUT2D eigenvalue weighted by atomic mass is 9.93. The summed E-state index contributed by atoms with van der Waals surface area (Å²) in [5.74, 6) is 1.04. The maximum atomic E-state index is 12.6. The molecule has 1 aromatic carbocycles. The Morgan fingerprint density at radius 2 is 1.58 bits per heavy atom. The van der Waals surface area contributed by atoms with Crippen molar-refractivity contribution in [1.82, 2.24) is 10.2 Å². The molecule has 144 valence electrons. The van der Waals surface area contributed by atoms with Gasteiger partial charge in [-0.25, -0.2) is 0 Å². The summed E-state index contributed by atoms with van der Waals surface area (Å²) in [5.41, 5.74) is 2.48. The molecule has 1 fully saturated rings. The quantitative estimate of drug-likeness (QED) is 0.805. The molecule has 5 nitrogen and oxygen atoms in total. The Kier molecular flexibility index (Phi) is 7.21. The van der Waals surface area contributed by atoms with Gasteiger partial charge in [-0.3, -0.25) is 9.59 Å². The van der Waals surface area contributed by atoms with Gasteiger partial charge in [0.2, 0.25) is 5.91 Å². The van der Waals surface area contributed by atoms with Gasteiger partial charge in [0.05, 0.1) is 32.2 Å². The van der Waals surface area contributed by atoms with E-state index in [9.17, 15) is 9.59 Å². The van der Waals surface area contributed by atoms with E-state index in [1.54, 1.807) is 6.92 Å². The molecule has 2 N–H and O–H groups in total. The van der Waals surface area contributed by atoms with Crippen molar-refractivity contribution in [1.29, 1.82) is 0 Å². The number of quaternary nitrogens is 1. The fourth-order valence-electron chi connectivity index (χ4n) is 3.49. The van der Waals surface area contributed by atoms with Gasteiger partial charge in [0.1, 0.15) is 0 Å². The largest absolute Gasteiger partial charge is 0.344 e. The predicted octanol–water partition coefficient (Wildman–Crippen LogP) is 1.37. The lowest BCUT2D eigenvalue weighted by Gasteiger charge is -2.32. The highest BCUT2D eigenvalue weighted by molar-refractivity contribution is 5.77. The van der Waals surface area contributed by atoms with Gasteiger partial charge < -0.3 is 15.1 Å². The van der Waals surface area contributed by atoms with Crippen LogP contribution < -0.4 is 10.2 Å². The number of nitrogens with zero attached hydrogens (tertiary/aromatic N) is 1. The molecule has 1 aliphatic heterocycles. The van der Waals surface area contributed by atoms with E-state index in [0.29, 0.717) is 18.4 Å². The first kappa shape index (κ1) is 20.4. The Morgan fingerprint density at radius 1 is 1.04 bits per heavy atom. The van der Waals surface area contributed by atoms with Crippen LogP contribution in [0.4, 0.5) is 0 Å². The maximum Gasteiger partial charge on any atom is 0.275 e. The zero-order valence-corrected chi connectivity index (χ0v) is 16.8. The molecule has 1 saturated heterocycles. The first-order valence-electron chi connectivity index (χ1n) is 9.76. The molecule has 1 aliphatic rings. The van der Waals surface area contributed by atoms with Crippen molar-refractivity contribution in [2.24, 2.45) is 5.92 Å². The van der Waals surface area contributed by atoms with Crippen LogP contribution in [0, 0.1) is 5.92 Å². The zero-order chi connectivity index (χ0) is 19.3. The number of amides is 2. The molecule has 26 heavy (non-hydrogen) atoms. The monoisotopic (exact) mass is 360 g/mol. The lowest BCUT2D eigenvalue weighted by molar-refractivity contribution is -0.896. The third-order valence-electron chi connectivity index (χ3n) is 5.27. The molecule has 0 radical (unpaired) electrons. The summed E-state index contributed by atoms with van der Waals surface area (Å²) in [5, 5.41) is 3.22. The second-order valence-electron chi connectivity index (χ2n) is 8.04.